The molecule has 2 aliphatic rings. The summed E-state index contributed by atoms with van der Waals surface area (Å²) in [6, 6.07) is 0. The highest BCUT2D eigenvalue weighted by atomic mass is 16.5. The maximum atomic E-state index is 11.7. The maximum Gasteiger partial charge on any atom is 0.248 e. The molecule has 2 rings (SSSR count). The second kappa shape index (κ2) is 6.33. The first kappa shape index (κ1) is 12.8. The van der Waals surface area contributed by atoms with E-state index in [1.54, 1.807) is 0 Å². The van der Waals surface area contributed by atoms with Crippen LogP contribution in [-0.2, 0) is 9.53 Å². The number of likely N-dealkylation sites (tertiary alicyclic amines) is 1. The lowest BCUT2D eigenvalue weighted by molar-refractivity contribution is -0.148. The Morgan fingerprint density at radius 2 is 2.00 bits per heavy atom. The molecule has 0 aromatic carbocycles. The molecule has 0 saturated carbocycles. The molecule has 17 heavy (non-hydrogen) atoms. The van der Waals surface area contributed by atoms with Crippen LogP contribution in [0.4, 0.5) is 0 Å². The largest absolute Gasteiger partial charge is 0.365 e. The first-order valence-corrected chi connectivity index (χ1v) is 6.61. The predicted octanol–water partition coefficient (Wildman–Crippen LogP) is -0.342. The maximum absolute atomic E-state index is 11.7. The number of piperidine rings is 1. The van der Waals surface area contributed by atoms with Crippen LogP contribution in [0.1, 0.15) is 19.3 Å². The Kier molecular flexibility index (Phi) is 4.76. The molecule has 1 amide bonds. The van der Waals surface area contributed by atoms with Crippen LogP contribution in [-0.4, -0.2) is 67.7 Å². The molecule has 0 aliphatic carbocycles. The van der Waals surface area contributed by atoms with Gasteiger partial charge in [0.2, 0.25) is 5.91 Å². The summed E-state index contributed by atoms with van der Waals surface area (Å²) in [5.41, 5.74) is 5.58. The van der Waals surface area contributed by atoms with Crippen LogP contribution in [0.15, 0.2) is 0 Å². The molecular weight excluding hydrogens is 218 g/mol. The van der Waals surface area contributed by atoms with Gasteiger partial charge in [-0.1, -0.05) is 6.42 Å². The molecule has 5 heteroatoms. The van der Waals surface area contributed by atoms with Gasteiger partial charge in [0, 0.05) is 26.2 Å². The number of morpholine rings is 1. The molecule has 2 aliphatic heterocycles. The smallest absolute Gasteiger partial charge is 0.248 e. The summed E-state index contributed by atoms with van der Waals surface area (Å²) in [5, 5.41) is 0. The van der Waals surface area contributed by atoms with Gasteiger partial charge in [-0.15, -0.1) is 0 Å². The third kappa shape index (κ3) is 3.66. The number of rotatable bonds is 4. The molecule has 0 aromatic heterocycles. The highest BCUT2D eigenvalue weighted by Gasteiger charge is 2.25. The van der Waals surface area contributed by atoms with E-state index in [-0.39, 0.29) is 18.6 Å². The van der Waals surface area contributed by atoms with Crippen molar-refractivity contribution in [2.24, 2.45) is 5.73 Å². The van der Waals surface area contributed by atoms with Gasteiger partial charge in [-0.25, -0.2) is 0 Å². The molecule has 0 aromatic rings. The summed E-state index contributed by atoms with van der Waals surface area (Å²) in [6.45, 7) is 5.51. The van der Waals surface area contributed by atoms with Crippen LogP contribution < -0.4 is 5.73 Å². The molecule has 2 saturated heterocycles. The van der Waals surface area contributed by atoms with Crippen molar-refractivity contribution in [3.8, 4) is 0 Å². The Morgan fingerprint density at radius 3 is 2.71 bits per heavy atom. The fraction of sp³-hybridized carbons (Fsp3) is 0.917. The average molecular weight is 241 g/mol. The normalized spacial score (nSPS) is 27.5. The number of carbonyl (C=O) groups excluding carboxylic acids is 1. The molecule has 2 fully saturated rings. The highest BCUT2D eigenvalue weighted by molar-refractivity contribution is 5.78. The number of hydrogen-bond donors (Lipinski definition) is 1. The zero-order chi connectivity index (χ0) is 12.1. The summed E-state index contributed by atoms with van der Waals surface area (Å²) < 4.78 is 5.33. The van der Waals surface area contributed by atoms with Crippen molar-refractivity contribution >= 4 is 5.91 Å². The van der Waals surface area contributed by atoms with Gasteiger partial charge in [0.15, 0.2) is 0 Å². The van der Waals surface area contributed by atoms with E-state index in [2.05, 4.69) is 4.90 Å². The van der Waals surface area contributed by atoms with E-state index < -0.39 is 0 Å². The molecule has 1 atom stereocenters. The summed E-state index contributed by atoms with van der Waals surface area (Å²) in [6.07, 6.45) is 3.96. The first-order valence-electron chi connectivity index (χ1n) is 6.61. The van der Waals surface area contributed by atoms with Crippen molar-refractivity contribution in [3.63, 3.8) is 0 Å². The lowest BCUT2D eigenvalue weighted by Crippen LogP contribution is -2.51. The Balaban J connectivity index is 1.74. The minimum atomic E-state index is 0.0223. The minimum absolute atomic E-state index is 0.0223. The molecular formula is C12H23N3O2. The van der Waals surface area contributed by atoms with Gasteiger partial charge in [0.05, 0.1) is 6.10 Å². The van der Waals surface area contributed by atoms with Crippen molar-refractivity contribution in [2.75, 3.05) is 45.9 Å². The van der Waals surface area contributed by atoms with Crippen molar-refractivity contribution in [1.82, 2.24) is 9.80 Å². The molecule has 5 nitrogen and oxygen atoms in total. The molecule has 2 heterocycles. The van der Waals surface area contributed by atoms with Gasteiger partial charge < -0.3 is 20.3 Å². The van der Waals surface area contributed by atoms with Gasteiger partial charge in [-0.3, -0.25) is 4.79 Å². The first-order chi connectivity index (χ1) is 8.29. The van der Waals surface area contributed by atoms with Gasteiger partial charge >= 0.3 is 0 Å². The van der Waals surface area contributed by atoms with Gasteiger partial charge in [-0.2, -0.15) is 0 Å². The van der Waals surface area contributed by atoms with E-state index in [1.807, 2.05) is 4.90 Å². The Bertz CT molecular complexity index is 254. The Hall–Kier alpha value is -0.650. The molecule has 2 N–H and O–H groups in total. The molecule has 1 unspecified atom stereocenters. The van der Waals surface area contributed by atoms with E-state index in [1.165, 1.54) is 32.4 Å². The highest BCUT2D eigenvalue weighted by Crippen LogP contribution is 2.10. The number of ether oxygens (including phenoxy) is 1. The predicted molar refractivity (Wildman–Crippen MR) is 65.7 cm³/mol. The van der Waals surface area contributed by atoms with E-state index in [4.69, 9.17) is 10.5 Å². The molecule has 0 radical (unpaired) electrons. The number of nitrogens with two attached hydrogens (primary N) is 1. The monoisotopic (exact) mass is 241 g/mol. The van der Waals surface area contributed by atoms with Crippen molar-refractivity contribution < 1.29 is 9.53 Å². The van der Waals surface area contributed by atoms with Gasteiger partial charge in [0.1, 0.15) is 6.61 Å². The average Bonchev–Trinajstić information content (AvgIpc) is 2.39. The number of nitrogens with zero attached hydrogens (tertiary/aromatic N) is 2. The topological polar surface area (TPSA) is 58.8 Å². The SMILES string of the molecule is NCC1CN(CCN2CCCCC2)C(=O)CO1. The summed E-state index contributed by atoms with van der Waals surface area (Å²) in [7, 11) is 0. The summed E-state index contributed by atoms with van der Waals surface area (Å²) in [5.74, 6) is 0.103. The fourth-order valence-corrected chi connectivity index (χ4v) is 2.48. The van der Waals surface area contributed by atoms with Crippen molar-refractivity contribution in [2.45, 2.75) is 25.4 Å². The molecule has 0 bridgehead atoms. The van der Waals surface area contributed by atoms with E-state index in [0.29, 0.717) is 13.1 Å². The fourth-order valence-electron chi connectivity index (χ4n) is 2.48. The van der Waals surface area contributed by atoms with E-state index in [9.17, 15) is 4.79 Å². The van der Waals surface area contributed by atoms with Crippen LogP contribution in [0.5, 0.6) is 0 Å². The second-order valence-corrected chi connectivity index (χ2v) is 4.91. The standard InChI is InChI=1S/C12H23N3O2/c13-8-11-9-15(12(16)10-17-11)7-6-14-4-2-1-3-5-14/h11H,1-10,13H2. The third-order valence-corrected chi connectivity index (χ3v) is 3.62. The van der Waals surface area contributed by atoms with Crippen LogP contribution in [0.3, 0.4) is 0 Å². The number of hydrogen-bond acceptors (Lipinski definition) is 4. The molecule has 98 valence electrons. The lowest BCUT2D eigenvalue weighted by Gasteiger charge is -2.34. The second-order valence-electron chi connectivity index (χ2n) is 4.91. The summed E-state index contributed by atoms with van der Waals surface area (Å²) in [4.78, 5) is 16.0. The van der Waals surface area contributed by atoms with Crippen LogP contribution in [0.25, 0.3) is 0 Å². The lowest BCUT2D eigenvalue weighted by atomic mass is 10.1. The zero-order valence-electron chi connectivity index (χ0n) is 10.4. The van der Waals surface area contributed by atoms with Crippen LogP contribution in [0, 0.1) is 0 Å². The summed E-state index contributed by atoms with van der Waals surface area (Å²) >= 11 is 0. The van der Waals surface area contributed by atoms with Gasteiger partial charge in [0.25, 0.3) is 0 Å². The minimum Gasteiger partial charge on any atom is -0.365 e. The van der Waals surface area contributed by atoms with Crippen molar-refractivity contribution in [1.29, 1.82) is 0 Å². The van der Waals surface area contributed by atoms with E-state index in [0.717, 1.165) is 13.1 Å². The van der Waals surface area contributed by atoms with Crippen LogP contribution >= 0.6 is 0 Å². The van der Waals surface area contributed by atoms with Gasteiger partial charge in [-0.05, 0) is 25.9 Å². The Labute approximate surface area is 103 Å². The Morgan fingerprint density at radius 1 is 1.24 bits per heavy atom. The number of carbonyl (C=O) groups is 1. The third-order valence-electron chi connectivity index (χ3n) is 3.62. The van der Waals surface area contributed by atoms with Crippen molar-refractivity contribution in [3.05, 3.63) is 0 Å². The number of amides is 1. The van der Waals surface area contributed by atoms with Crippen LogP contribution in [0.2, 0.25) is 0 Å². The van der Waals surface area contributed by atoms with E-state index >= 15 is 0 Å². The molecule has 0 spiro atoms. The zero-order valence-corrected chi connectivity index (χ0v) is 10.4. The quantitative estimate of drug-likeness (QED) is 0.731.